The summed E-state index contributed by atoms with van der Waals surface area (Å²) in [5, 5.41) is 0. The van der Waals surface area contributed by atoms with Gasteiger partial charge in [0.1, 0.15) is 11.5 Å². The number of benzene rings is 2. The summed E-state index contributed by atoms with van der Waals surface area (Å²) < 4.78 is 17.9. The summed E-state index contributed by atoms with van der Waals surface area (Å²) in [4.78, 5) is 0. The van der Waals surface area contributed by atoms with Crippen LogP contribution in [-0.2, 0) is 4.43 Å². The minimum absolute atomic E-state index is 0.719. The van der Waals surface area contributed by atoms with Crippen LogP contribution in [0.3, 0.4) is 0 Å². The summed E-state index contributed by atoms with van der Waals surface area (Å²) in [6.07, 6.45) is 0.878. The van der Waals surface area contributed by atoms with E-state index >= 15 is 0 Å². The van der Waals surface area contributed by atoms with Gasteiger partial charge in [-0.2, -0.15) is 12.6 Å². The van der Waals surface area contributed by atoms with Crippen molar-refractivity contribution in [2.45, 2.75) is 12.5 Å². The van der Waals surface area contributed by atoms with Crippen LogP contribution in [0.2, 0.25) is 6.04 Å². The molecule has 0 amide bonds. The summed E-state index contributed by atoms with van der Waals surface area (Å²) in [6, 6.07) is 20.0. The van der Waals surface area contributed by atoms with Gasteiger partial charge in [-0.25, -0.2) is 0 Å². The van der Waals surface area contributed by atoms with Gasteiger partial charge in [0.2, 0.25) is 0 Å². The Morgan fingerprint density at radius 2 is 1.33 bits per heavy atom. The Labute approximate surface area is 132 Å². The molecule has 2 aromatic rings. The zero-order chi connectivity index (χ0) is 15.0. The Bertz CT molecular complexity index is 480. The fourth-order valence-corrected chi connectivity index (χ4v) is 4.61. The molecule has 0 N–H and O–H groups in total. The van der Waals surface area contributed by atoms with Crippen molar-refractivity contribution in [3.05, 3.63) is 60.7 Å². The van der Waals surface area contributed by atoms with E-state index in [0.29, 0.717) is 0 Å². The Hall–Kier alpha value is -1.43. The highest BCUT2D eigenvalue weighted by Gasteiger charge is 2.44. The molecule has 0 aromatic heterocycles. The van der Waals surface area contributed by atoms with Gasteiger partial charge in [0.15, 0.2) is 0 Å². The highest BCUT2D eigenvalue weighted by molar-refractivity contribution is 7.80. The maximum Gasteiger partial charge on any atom is 0.631 e. The largest absolute Gasteiger partial charge is 0.631 e. The van der Waals surface area contributed by atoms with Crippen LogP contribution in [0.4, 0.5) is 0 Å². The zero-order valence-electron chi connectivity index (χ0n) is 12.1. The molecule has 3 nitrogen and oxygen atoms in total. The maximum absolute atomic E-state index is 6.12. The summed E-state index contributed by atoms with van der Waals surface area (Å²) >= 11 is 4.28. The highest BCUT2D eigenvalue weighted by Crippen LogP contribution is 2.24. The van der Waals surface area contributed by atoms with Crippen molar-refractivity contribution in [1.82, 2.24) is 0 Å². The van der Waals surface area contributed by atoms with Crippen molar-refractivity contribution in [3.63, 3.8) is 0 Å². The molecule has 112 valence electrons. The van der Waals surface area contributed by atoms with Gasteiger partial charge in [0, 0.05) is 13.2 Å². The van der Waals surface area contributed by atoms with Gasteiger partial charge in [-0.15, -0.1) is 0 Å². The van der Waals surface area contributed by atoms with Crippen molar-refractivity contribution < 1.29 is 13.3 Å². The molecule has 21 heavy (non-hydrogen) atoms. The van der Waals surface area contributed by atoms with Crippen molar-refractivity contribution in [2.75, 3.05) is 12.9 Å². The minimum Gasteiger partial charge on any atom is -0.492 e. The monoisotopic (exact) mass is 320 g/mol. The number of hydrogen-bond acceptors (Lipinski definition) is 4. The summed E-state index contributed by atoms with van der Waals surface area (Å²) in [5.41, 5.74) is 0. The summed E-state index contributed by atoms with van der Waals surface area (Å²) in [7, 11) is -1.17. The molecule has 2 aromatic carbocycles. The third-order valence-corrected chi connectivity index (χ3v) is 5.98. The molecule has 2 rings (SSSR count). The van der Waals surface area contributed by atoms with Crippen molar-refractivity contribution in [1.29, 1.82) is 0 Å². The lowest BCUT2D eigenvalue weighted by atomic mass is 10.3. The second kappa shape index (κ2) is 8.12. The molecule has 0 aliphatic heterocycles. The molecule has 5 heteroatoms. The third-order valence-electron chi connectivity index (χ3n) is 2.99. The Morgan fingerprint density at radius 1 is 0.857 bits per heavy atom. The molecule has 0 saturated heterocycles. The van der Waals surface area contributed by atoms with Crippen molar-refractivity contribution >= 4 is 21.4 Å². The quantitative estimate of drug-likeness (QED) is 0.587. The molecule has 0 aliphatic rings. The van der Waals surface area contributed by atoms with Crippen LogP contribution < -0.4 is 8.85 Å². The van der Waals surface area contributed by atoms with Gasteiger partial charge in [-0.05, 0) is 36.4 Å². The van der Waals surface area contributed by atoms with E-state index in [1.165, 1.54) is 0 Å². The zero-order valence-corrected chi connectivity index (χ0v) is 14.0. The second-order valence-electron chi connectivity index (χ2n) is 4.54. The van der Waals surface area contributed by atoms with E-state index in [9.17, 15) is 0 Å². The standard InChI is InChI=1S/C16H20O3SSi/c1-17-21(14-8-13-20,18-15-9-4-2-5-10-15)19-16-11-6-3-7-12-16/h2-7,9-12,20H,8,13-14H2,1H3. The van der Waals surface area contributed by atoms with E-state index in [4.69, 9.17) is 13.3 Å². The minimum atomic E-state index is -2.82. The number of rotatable bonds is 8. The average molecular weight is 320 g/mol. The van der Waals surface area contributed by atoms with Gasteiger partial charge in [0.25, 0.3) is 0 Å². The van der Waals surface area contributed by atoms with Crippen LogP contribution in [0.5, 0.6) is 11.5 Å². The first-order valence-electron chi connectivity index (χ1n) is 6.92. The van der Waals surface area contributed by atoms with Gasteiger partial charge in [0.05, 0.1) is 0 Å². The molecule has 0 saturated carbocycles. The Morgan fingerprint density at radius 3 is 1.71 bits per heavy atom. The van der Waals surface area contributed by atoms with E-state index in [1.807, 2.05) is 60.7 Å². The first-order chi connectivity index (χ1) is 10.3. The van der Waals surface area contributed by atoms with Crippen LogP contribution in [0.1, 0.15) is 6.42 Å². The molecule has 0 heterocycles. The molecule has 0 aliphatic carbocycles. The predicted molar refractivity (Wildman–Crippen MR) is 90.2 cm³/mol. The first kappa shape index (κ1) is 15.9. The lowest BCUT2D eigenvalue weighted by Gasteiger charge is -2.28. The lowest BCUT2D eigenvalue weighted by molar-refractivity contribution is 0.204. The number of hydrogen-bond donors (Lipinski definition) is 1. The lowest BCUT2D eigenvalue weighted by Crippen LogP contribution is -2.51. The van der Waals surface area contributed by atoms with Crippen LogP contribution in [-0.4, -0.2) is 21.7 Å². The van der Waals surface area contributed by atoms with E-state index < -0.39 is 8.80 Å². The van der Waals surface area contributed by atoms with Crippen LogP contribution in [0.25, 0.3) is 0 Å². The van der Waals surface area contributed by atoms with Crippen LogP contribution in [0.15, 0.2) is 60.7 Å². The van der Waals surface area contributed by atoms with E-state index in [1.54, 1.807) is 7.11 Å². The van der Waals surface area contributed by atoms with Crippen molar-refractivity contribution in [3.8, 4) is 11.5 Å². The number of para-hydroxylation sites is 2. The Balaban J connectivity index is 2.20. The smallest absolute Gasteiger partial charge is 0.492 e. The second-order valence-corrected chi connectivity index (χ2v) is 7.67. The summed E-state index contributed by atoms with van der Waals surface area (Å²) in [6.45, 7) is 0. The highest BCUT2D eigenvalue weighted by atomic mass is 32.1. The van der Waals surface area contributed by atoms with Crippen LogP contribution in [0, 0.1) is 0 Å². The SMILES string of the molecule is CO[Si](CCCS)(Oc1ccccc1)Oc1ccccc1. The Kier molecular flexibility index (Phi) is 6.16. The van der Waals surface area contributed by atoms with Crippen LogP contribution >= 0.6 is 12.6 Å². The molecular weight excluding hydrogens is 300 g/mol. The normalized spacial score (nSPS) is 11.1. The molecule has 0 fully saturated rings. The topological polar surface area (TPSA) is 27.7 Å². The van der Waals surface area contributed by atoms with E-state index in [-0.39, 0.29) is 0 Å². The molecular formula is C16H20O3SSi. The maximum atomic E-state index is 6.12. The van der Waals surface area contributed by atoms with Gasteiger partial charge in [-0.1, -0.05) is 36.4 Å². The van der Waals surface area contributed by atoms with Crippen molar-refractivity contribution in [2.24, 2.45) is 0 Å². The van der Waals surface area contributed by atoms with E-state index in [2.05, 4.69) is 12.6 Å². The first-order valence-corrected chi connectivity index (χ1v) is 9.48. The molecule has 0 unspecified atom stereocenters. The number of thiol groups is 1. The predicted octanol–water partition coefficient (Wildman–Crippen LogP) is 4.05. The fourth-order valence-electron chi connectivity index (χ4n) is 1.94. The molecule has 0 radical (unpaired) electrons. The van der Waals surface area contributed by atoms with Gasteiger partial charge >= 0.3 is 8.80 Å². The third kappa shape index (κ3) is 4.80. The molecule has 0 spiro atoms. The summed E-state index contributed by atoms with van der Waals surface area (Å²) in [5.74, 6) is 2.30. The fraction of sp³-hybridized carbons (Fsp3) is 0.250. The molecule has 0 atom stereocenters. The van der Waals surface area contributed by atoms with Gasteiger partial charge in [-0.3, -0.25) is 0 Å². The average Bonchev–Trinajstić information content (AvgIpc) is 2.54. The van der Waals surface area contributed by atoms with Gasteiger partial charge < -0.3 is 13.3 Å². The molecule has 0 bridgehead atoms. The van der Waals surface area contributed by atoms with E-state index in [0.717, 1.165) is 29.7 Å².